The summed E-state index contributed by atoms with van der Waals surface area (Å²) in [5.74, 6) is 0. The first-order chi connectivity index (χ1) is 7.38. The standard InChI is InChI=1S/C11H11N3O/c15-8-11-7-14(9-13-11)6-4-10-3-1-2-5-12-10/h1-3,5,7-9H,4,6H2. The maximum absolute atomic E-state index is 10.4. The molecule has 0 unspecified atom stereocenters. The van der Waals surface area contributed by atoms with Crippen molar-refractivity contribution >= 4 is 6.29 Å². The van der Waals surface area contributed by atoms with Crippen LogP contribution in [0.25, 0.3) is 0 Å². The van der Waals surface area contributed by atoms with Gasteiger partial charge in [-0.1, -0.05) is 6.07 Å². The number of pyridine rings is 1. The third-order valence-corrected chi connectivity index (χ3v) is 2.13. The summed E-state index contributed by atoms with van der Waals surface area (Å²) in [6.45, 7) is 0.790. The van der Waals surface area contributed by atoms with E-state index >= 15 is 0 Å². The van der Waals surface area contributed by atoms with Gasteiger partial charge in [-0.25, -0.2) is 4.98 Å². The van der Waals surface area contributed by atoms with Crippen LogP contribution in [0.4, 0.5) is 0 Å². The molecule has 2 heterocycles. The molecule has 0 radical (unpaired) electrons. The van der Waals surface area contributed by atoms with Gasteiger partial charge in [0.2, 0.25) is 0 Å². The van der Waals surface area contributed by atoms with Crippen molar-refractivity contribution in [3.63, 3.8) is 0 Å². The van der Waals surface area contributed by atoms with Gasteiger partial charge in [-0.2, -0.15) is 0 Å². The summed E-state index contributed by atoms with van der Waals surface area (Å²) in [7, 11) is 0. The van der Waals surface area contributed by atoms with Crippen molar-refractivity contribution in [2.24, 2.45) is 0 Å². The van der Waals surface area contributed by atoms with Crippen LogP contribution < -0.4 is 0 Å². The molecule has 0 aromatic carbocycles. The third-order valence-electron chi connectivity index (χ3n) is 2.13. The number of hydrogen-bond donors (Lipinski definition) is 0. The van der Waals surface area contributed by atoms with E-state index in [1.165, 1.54) is 0 Å². The highest BCUT2D eigenvalue weighted by atomic mass is 16.1. The minimum absolute atomic E-state index is 0.469. The molecule has 0 saturated heterocycles. The van der Waals surface area contributed by atoms with Crippen LogP contribution in [-0.2, 0) is 13.0 Å². The van der Waals surface area contributed by atoms with Crippen LogP contribution in [0.5, 0.6) is 0 Å². The first kappa shape index (κ1) is 9.58. The minimum Gasteiger partial charge on any atom is -0.336 e. The van der Waals surface area contributed by atoms with E-state index in [1.807, 2.05) is 22.8 Å². The summed E-state index contributed by atoms with van der Waals surface area (Å²) in [4.78, 5) is 18.5. The molecule has 0 fully saturated rings. The van der Waals surface area contributed by atoms with Crippen LogP contribution in [0.3, 0.4) is 0 Å². The second-order valence-corrected chi connectivity index (χ2v) is 3.23. The lowest BCUT2D eigenvalue weighted by molar-refractivity contribution is 0.111. The molecule has 0 saturated carbocycles. The van der Waals surface area contributed by atoms with Crippen molar-refractivity contribution in [2.45, 2.75) is 13.0 Å². The molecule has 0 aliphatic carbocycles. The quantitative estimate of drug-likeness (QED) is 0.701. The molecular weight excluding hydrogens is 190 g/mol. The molecule has 2 aromatic heterocycles. The van der Waals surface area contributed by atoms with E-state index in [9.17, 15) is 4.79 Å². The van der Waals surface area contributed by atoms with Crippen LogP contribution in [0.1, 0.15) is 16.2 Å². The largest absolute Gasteiger partial charge is 0.336 e. The number of carbonyl (C=O) groups excluding carboxylic acids is 1. The lowest BCUT2D eigenvalue weighted by atomic mass is 10.3. The molecule has 0 spiro atoms. The molecule has 76 valence electrons. The van der Waals surface area contributed by atoms with Crippen molar-refractivity contribution in [1.82, 2.24) is 14.5 Å². The van der Waals surface area contributed by atoms with Gasteiger partial charge >= 0.3 is 0 Å². The van der Waals surface area contributed by atoms with Crippen LogP contribution in [0, 0.1) is 0 Å². The number of hydrogen-bond acceptors (Lipinski definition) is 3. The Morgan fingerprint density at radius 2 is 2.27 bits per heavy atom. The van der Waals surface area contributed by atoms with Crippen molar-refractivity contribution < 1.29 is 4.79 Å². The number of carbonyl (C=O) groups is 1. The van der Waals surface area contributed by atoms with Crippen molar-refractivity contribution in [3.8, 4) is 0 Å². The lowest BCUT2D eigenvalue weighted by Gasteiger charge is -2.00. The molecule has 0 amide bonds. The Morgan fingerprint density at radius 1 is 1.33 bits per heavy atom. The maximum atomic E-state index is 10.4. The molecule has 2 rings (SSSR count). The predicted molar refractivity (Wildman–Crippen MR) is 55.6 cm³/mol. The fraction of sp³-hybridized carbons (Fsp3) is 0.182. The van der Waals surface area contributed by atoms with Crippen molar-refractivity contribution in [2.75, 3.05) is 0 Å². The lowest BCUT2D eigenvalue weighted by Crippen LogP contribution is -1.99. The number of aromatic nitrogens is 3. The third kappa shape index (κ3) is 2.49. The van der Waals surface area contributed by atoms with E-state index in [2.05, 4.69) is 9.97 Å². The van der Waals surface area contributed by atoms with E-state index in [0.717, 1.165) is 24.9 Å². The molecule has 15 heavy (non-hydrogen) atoms. The Morgan fingerprint density at radius 3 is 2.93 bits per heavy atom. The molecule has 0 bridgehead atoms. The maximum Gasteiger partial charge on any atom is 0.169 e. The second-order valence-electron chi connectivity index (χ2n) is 3.23. The van der Waals surface area contributed by atoms with Crippen LogP contribution in [-0.4, -0.2) is 20.8 Å². The molecule has 4 heteroatoms. The Labute approximate surface area is 87.6 Å². The number of imidazole rings is 1. The Balaban J connectivity index is 1.96. The topological polar surface area (TPSA) is 47.8 Å². The highest BCUT2D eigenvalue weighted by Gasteiger charge is 1.97. The van der Waals surface area contributed by atoms with E-state index < -0.39 is 0 Å². The molecule has 0 aliphatic rings. The van der Waals surface area contributed by atoms with Gasteiger partial charge in [-0.05, 0) is 12.1 Å². The summed E-state index contributed by atoms with van der Waals surface area (Å²) in [5.41, 5.74) is 1.51. The molecule has 0 atom stereocenters. The van der Waals surface area contributed by atoms with Crippen molar-refractivity contribution in [3.05, 3.63) is 48.3 Å². The zero-order chi connectivity index (χ0) is 10.5. The van der Waals surface area contributed by atoms with Crippen LogP contribution in [0.2, 0.25) is 0 Å². The van der Waals surface area contributed by atoms with E-state index in [1.54, 1.807) is 18.7 Å². The van der Waals surface area contributed by atoms with Gasteiger partial charge in [0.25, 0.3) is 0 Å². The second kappa shape index (κ2) is 4.50. The van der Waals surface area contributed by atoms with Gasteiger partial charge < -0.3 is 4.57 Å². The molecule has 4 nitrogen and oxygen atoms in total. The molecule has 0 aliphatic heterocycles. The first-order valence-corrected chi connectivity index (χ1v) is 4.75. The zero-order valence-electron chi connectivity index (χ0n) is 8.21. The van der Waals surface area contributed by atoms with Gasteiger partial charge in [-0.15, -0.1) is 0 Å². The predicted octanol–water partition coefficient (Wildman–Crippen LogP) is 1.33. The van der Waals surface area contributed by atoms with Gasteiger partial charge in [0.15, 0.2) is 6.29 Å². The Kier molecular flexibility index (Phi) is 2.88. The summed E-state index contributed by atoms with van der Waals surface area (Å²) in [6.07, 6.45) is 6.76. The normalized spacial score (nSPS) is 10.1. The fourth-order valence-corrected chi connectivity index (χ4v) is 1.35. The smallest absolute Gasteiger partial charge is 0.169 e. The Bertz CT molecular complexity index is 436. The summed E-state index contributed by atoms with van der Waals surface area (Å²) in [6, 6.07) is 5.84. The zero-order valence-corrected chi connectivity index (χ0v) is 8.21. The summed E-state index contributed by atoms with van der Waals surface area (Å²) < 4.78 is 1.89. The van der Waals surface area contributed by atoms with E-state index in [0.29, 0.717) is 5.69 Å². The monoisotopic (exact) mass is 201 g/mol. The highest BCUT2D eigenvalue weighted by molar-refractivity contribution is 5.70. The van der Waals surface area contributed by atoms with Crippen LogP contribution >= 0.6 is 0 Å². The van der Waals surface area contributed by atoms with E-state index in [4.69, 9.17) is 0 Å². The first-order valence-electron chi connectivity index (χ1n) is 4.75. The summed E-state index contributed by atoms with van der Waals surface area (Å²) in [5, 5.41) is 0. The van der Waals surface area contributed by atoms with Crippen LogP contribution in [0.15, 0.2) is 36.9 Å². The molecular formula is C11H11N3O. The van der Waals surface area contributed by atoms with E-state index in [-0.39, 0.29) is 0 Å². The number of aldehydes is 1. The van der Waals surface area contributed by atoms with Gasteiger partial charge in [-0.3, -0.25) is 9.78 Å². The SMILES string of the molecule is O=Cc1cn(CCc2ccccn2)cn1. The Hall–Kier alpha value is -1.97. The molecule has 2 aromatic rings. The number of rotatable bonds is 4. The highest BCUT2D eigenvalue weighted by Crippen LogP contribution is 1.99. The summed E-state index contributed by atoms with van der Waals surface area (Å²) >= 11 is 0. The van der Waals surface area contributed by atoms with Gasteiger partial charge in [0.1, 0.15) is 5.69 Å². The van der Waals surface area contributed by atoms with Crippen molar-refractivity contribution in [1.29, 1.82) is 0 Å². The molecule has 0 N–H and O–H groups in total. The number of nitrogens with zero attached hydrogens (tertiary/aromatic N) is 3. The average Bonchev–Trinajstić information content (AvgIpc) is 2.76. The van der Waals surface area contributed by atoms with Gasteiger partial charge in [0.05, 0.1) is 6.33 Å². The van der Waals surface area contributed by atoms with Gasteiger partial charge in [0, 0.05) is 31.1 Å². The fourth-order valence-electron chi connectivity index (χ4n) is 1.35. The average molecular weight is 201 g/mol. The number of aryl methyl sites for hydroxylation is 2. The minimum atomic E-state index is 0.469.